The van der Waals surface area contributed by atoms with Crippen molar-refractivity contribution >= 4 is 32.9 Å². The Morgan fingerprint density at radius 2 is 1.84 bits per heavy atom. The molecule has 2 heterocycles. The van der Waals surface area contributed by atoms with Gasteiger partial charge in [-0.25, -0.2) is 4.79 Å². The Bertz CT molecular complexity index is 1940. The first kappa shape index (κ1) is 27.9. The van der Waals surface area contributed by atoms with Gasteiger partial charge < -0.3 is 29.1 Å². The van der Waals surface area contributed by atoms with Gasteiger partial charge in [-0.05, 0) is 54.4 Å². The normalized spacial score (nSPS) is 14.0. The topological polar surface area (TPSA) is 117 Å². The van der Waals surface area contributed by atoms with Crippen LogP contribution in [0.15, 0.2) is 105 Å². The molecule has 1 aromatic heterocycles. The lowest BCUT2D eigenvalue weighted by Gasteiger charge is -2.27. The summed E-state index contributed by atoms with van der Waals surface area (Å²) in [5.41, 5.74) is 10.2. The standard InChI is InChI=1S/C34H25BrN2O6/c1-19-24-11-9-22(35)15-28(24)42-32(19)34(38)41-23-10-12-25-29(16-23)43-33(37)26(17-36)31(25)21-8-13-27(30(14-21)39-2)40-18-20-6-4-3-5-7-20/h3-16,31H,18,37H2,1-2H3. The highest BCUT2D eigenvalue weighted by Crippen LogP contribution is 2.45. The summed E-state index contributed by atoms with van der Waals surface area (Å²) >= 11 is 3.42. The minimum atomic E-state index is -0.644. The Kier molecular flexibility index (Phi) is 7.53. The number of furan rings is 1. The lowest BCUT2D eigenvalue weighted by molar-refractivity contribution is 0.0702. The van der Waals surface area contributed by atoms with Gasteiger partial charge in [-0.2, -0.15) is 5.26 Å². The minimum absolute atomic E-state index is 0.0365. The zero-order chi connectivity index (χ0) is 30.1. The molecule has 9 heteroatoms. The van der Waals surface area contributed by atoms with Crippen molar-refractivity contribution in [1.82, 2.24) is 0 Å². The number of allylic oxidation sites excluding steroid dienone is 1. The van der Waals surface area contributed by atoms with E-state index in [-0.39, 0.29) is 23.0 Å². The second-order valence-corrected chi connectivity index (χ2v) is 10.8. The van der Waals surface area contributed by atoms with Crippen LogP contribution in [0.1, 0.15) is 38.7 Å². The quantitative estimate of drug-likeness (QED) is 0.144. The first-order chi connectivity index (χ1) is 20.9. The van der Waals surface area contributed by atoms with Crippen LogP contribution in [0.25, 0.3) is 11.0 Å². The average molecular weight is 637 g/mol. The number of methoxy groups -OCH3 is 1. The number of nitriles is 1. The first-order valence-electron chi connectivity index (χ1n) is 13.3. The molecule has 0 aliphatic carbocycles. The molecule has 0 bridgehead atoms. The number of nitrogens with two attached hydrogens (primary N) is 1. The molecule has 1 atom stereocenters. The largest absolute Gasteiger partial charge is 0.493 e. The Morgan fingerprint density at radius 3 is 2.60 bits per heavy atom. The van der Waals surface area contributed by atoms with Gasteiger partial charge in [-0.3, -0.25) is 0 Å². The lowest BCUT2D eigenvalue weighted by atomic mass is 9.83. The molecule has 0 radical (unpaired) electrons. The number of rotatable bonds is 7. The molecule has 5 aromatic rings. The number of nitrogens with zero attached hydrogens (tertiary/aromatic N) is 1. The fraction of sp³-hybridized carbons (Fsp3) is 0.118. The van der Waals surface area contributed by atoms with Crippen LogP contribution in [0.3, 0.4) is 0 Å². The van der Waals surface area contributed by atoms with Crippen LogP contribution < -0.4 is 24.7 Å². The second kappa shape index (κ2) is 11.6. The molecule has 8 nitrogen and oxygen atoms in total. The van der Waals surface area contributed by atoms with E-state index in [0.29, 0.717) is 40.6 Å². The van der Waals surface area contributed by atoms with Crippen molar-refractivity contribution in [3.8, 4) is 29.1 Å². The number of halogens is 1. The van der Waals surface area contributed by atoms with Crippen LogP contribution >= 0.6 is 15.9 Å². The molecule has 0 fully saturated rings. The van der Waals surface area contributed by atoms with E-state index in [4.69, 9.17) is 29.1 Å². The smallest absolute Gasteiger partial charge is 0.379 e. The highest BCUT2D eigenvalue weighted by Gasteiger charge is 2.32. The number of esters is 1. The minimum Gasteiger partial charge on any atom is -0.493 e. The fourth-order valence-corrected chi connectivity index (χ4v) is 5.45. The van der Waals surface area contributed by atoms with E-state index in [1.165, 1.54) is 0 Å². The van der Waals surface area contributed by atoms with Crippen molar-refractivity contribution in [3.63, 3.8) is 0 Å². The SMILES string of the molecule is COc1cc(C2C(C#N)=C(N)Oc3cc(OC(=O)c4oc5cc(Br)ccc5c4C)ccc32)ccc1OCc1ccccc1. The maximum absolute atomic E-state index is 13.1. The molecule has 0 saturated carbocycles. The number of hydrogen-bond donors (Lipinski definition) is 1. The van der Waals surface area contributed by atoms with Crippen molar-refractivity contribution in [2.75, 3.05) is 7.11 Å². The summed E-state index contributed by atoms with van der Waals surface area (Å²) in [6, 6.07) is 28.0. The third-order valence-electron chi connectivity index (χ3n) is 7.24. The maximum Gasteiger partial charge on any atom is 0.379 e. The molecule has 214 valence electrons. The summed E-state index contributed by atoms with van der Waals surface area (Å²) in [6.45, 7) is 2.18. The number of carbonyl (C=O) groups is 1. The zero-order valence-electron chi connectivity index (χ0n) is 23.2. The molecule has 0 amide bonds. The van der Waals surface area contributed by atoms with E-state index in [9.17, 15) is 10.1 Å². The molecule has 1 unspecified atom stereocenters. The molecular formula is C34H25BrN2O6. The number of carbonyl (C=O) groups excluding carboxylic acids is 1. The van der Waals surface area contributed by atoms with E-state index in [2.05, 4.69) is 22.0 Å². The zero-order valence-corrected chi connectivity index (χ0v) is 24.8. The van der Waals surface area contributed by atoms with Gasteiger partial charge in [0.1, 0.15) is 35.3 Å². The summed E-state index contributed by atoms with van der Waals surface area (Å²) in [5.74, 6) is 0.549. The summed E-state index contributed by atoms with van der Waals surface area (Å²) in [6.07, 6.45) is 0. The van der Waals surface area contributed by atoms with Gasteiger partial charge in [0.2, 0.25) is 11.6 Å². The Balaban J connectivity index is 1.29. The molecule has 4 aromatic carbocycles. The van der Waals surface area contributed by atoms with E-state index < -0.39 is 11.9 Å². The van der Waals surface area contributed by atoms with Crippen molar-refractivity contribution in [2.45, 2.75) is 19.4 Å². The van der Waals surface area contributed by atoms with Crippen LogP contribution in [-0.4, -0.2) is 13.1 Å². The van der Waals surface area contributed by atoms with Gasteiger partial charge in [0.25, 0.3) is 0 Å². The highest BCUT2D eigenvalue weighted by molar-refractivity contribution is 9.10. The van der Waals surface area contributed by atoms with Crippen molar-refractivity contribution < 1.29 is 28.2 Å². The Labute approximate surface area is 256 Å². The average Bonchev–Trinajstić information content (AvgIpc) is 3.34. The number of benzene rings is 4. The third-order valence-corrected chi connectivity index (χ3v) is 7.74. The summed E-state index contributed by atoms with van der Waals surface area (Å²) in [5, 5.41) is 10.8. The Morgan fingerprint density at radius 1 is 1.02 bits per heavy atom. The van der Waals surface area contributed by atoms with Gasteiger partial charge in [0, 0.05) is 27.1 Å². The van der Waals surface area contributed by atoms with E-state index in [1.54, 1.807) is 38.3 Å². The maximum atomic E-state index is 13.1. The summed E-state index contributed by atoms with van der Waals surface area (Å²) < 4.78 is 29.8. The summed E-state index contributed by atoms with van der Waals surface area (Å²) in [7, 11) is 1.56. The number of hydrogen-bond acceptors (Lipinski definition) is 8. The van der Waals surface area contributed by atoms with Crippen molar-refractivity contribution in [3.05, 3.63) is 129 Å². The van der Waals surface area contributed by atoms with Crippen molar-refractivity contribution in [1.29, 1.82) is 5.26 Å². The second-order valence-electron chi connectivity index (χ2n) is 9.90. The van der Waals surface area contributed by atoms with Gasteiger partial charge in [-0.1, -0.05) is 58.4 Å². The monoisotopic (exact) mass is 636 g/mol. The molecule has 6 rings (SSSR count). The first-order valence-corrected chi connectivity index (χ1v) is 14.1. The lowest BCUT2D eigenvalue weighted by Crippen LogP contribution is -2.21. The van der Waals surface area contributed by atoms with Gasteiger partial charge in [0.15, 0.2) is 11.5 Å². The molecule has 1 aliphatic heterocycles. The number of fused-ring (bicyclic) bond motifs is 2. The van der Waals surface area contributed by atoms with Gasteiger partial charge in [0.05, 0.1) is 13.0 Å². The van der Waals surface area contributed by atoms with E-state index >= 15 is 0 Å². The third kappa shape index (κ3) is 5.41. The molecule has 0 saturated heterocycles. The molecular weight excluding hydrogens is 612 g/mol. The molecule has 0 spiro atoms. The van der Waals surface area contributed by atoms with Gasteiger partial charge in [-0.15, -0.1) is 0 Å². The van der Waals surface area contributed by atoms with Gasteiger partial charge >= 0.3 is 5.97 Å². The van der Waals surface area contributed by atoms with E-state index in [0.717, 1.165) is 21.0 Å². The molecule has 43 heavy (non-hydrogen) atoms. The van der Waals surface area contributed by atoms with Crippen LogP contribution in [-0.2, 0) is 6.61 Å². The van der Waals surface area contributed by atoms with E-state index in [1.807, 2.05) is 60.7 Å². The molecule has 2 N–H and O–H groups in total. The molecule has 1 aliphatic rings. The van der Waals surface area contributed by atoms with Crippen LogP contribution in [0.4, 0.5) is 0 Å². The van der Waals surface area contributed by atoms with Crippen molar-refractivity contribution in [2.24, 2.45) is 5.73 Å². The Hall–Kier alpha value is -5.20. The predicted octanol–water partition coefficient (Wildman–Crippen LogP) is 7.53. The van der Waals surface area contributed by atoms with Crippen LogP contribution in [0.2, 0.25) is 0 Å². The summed E-state index contributed by atoms with van der Waals surface area (Å²) in [4.78, 5) is 13.1. The number of aryl methyl sites for hydroxylation is 1. The van der Waals surface area contributed by atoms with Crippen LogP contribution in [0.5, 0.6) is 23.0 Å². The predicted molar refractivity (Wildman–Crippen MR) is 163 cm³/mol. The van der Waals surface area contributed by atoms with Crippen LogP contribution in [0, 0.1) is 18.3 Å². The number of ether oxygens (including phenoxy) is 4. The fourth-order valence-electron chi connectivity index (χ4n) is 5.11. The highest BCUT2D eigenvalue weighted by atomic mass is 79.9.